The van der Waals surface area contributed by atoms with Crippen LogP contribution in [0.25, 0.3) is 11.6 Å². The van der Waals surface area contributed by atoms with Crippen LogP contribution in [0.15, 0.2) is 47.7 Å². The molecule has 2 fully saturated rings. The Morgan fingerprint density at radius 2 is 2.02 bits per heavy atom. The monoisotopic (exact) mass is 660 g/mol. The zero-order valence-corrected chi connectivity index (χ0v) is 24.2. The maximum Gasteiger partial charge on any atom is 0.423 e. The summed E-state index contributed by atoms with van der Waals surface area (Å²) in [6, 6.07) is 9.27. The number of methoxy groups -OCH3 is 2. The number of phenolic OH excluding ortho intramolecular Hbond substituents is 1. The molecule has 0 unspecified atom stereocenters. The molecule has 40 heavy (non-hydrogen) atoms. The van der Waals surface area contributed by atoms with Gasteiger partial charge in [0.15, 0.2) is 11.5 Å². The summed E-state index contributed by atoms with van der Waals surface area (Å²) < 4.78 is 16.8. The molecule has 1 aliphatic carbocycles. The molecule has 2 saturated heterocycles. The van der Waals surface area contributed by atoms with E-state index >= 15 is 0 Å². The number of phenols is 1. The third-order valence-electron chi connectivity index (χ3n) is 7.84. The molecule has 3 aliphatic rings. The number of benzene rings is 1. The van der Waals surface area contributed by atoms with E-state index in [-0.39, 0.29) is 31.5 Å². The normalized spacial score (nSPS) is 24.3. The van der Waals surface area contributed by atoms with Gasteiger partial charge in [0.25, 0.3) is 0 Å². The molecular formula is C29H29IN2O8. The number of rotatable bonds is 7. The number of allylic oxidation sites excluding steroid dienone is 1. The number of aliphatic hydroxyl groups excluding tert-OH is 1. The fourth-order valence-electron chi connectivity index (χ4n) is 6.04. The smallest absolute Gasteiger partial charge is 0.423 e. The molecule has 10 nitrogen and oxygen atoms in total. The van der Waals surface area contributed by atoms with Crippen molar-refractivity contribution < 1.29 is 38.8 Å². The Balaban J connectivity index is 1.43. The van der Waals surface area contributed by atoms with E-state index in [2.05, 4.69) is 32.3 Å². The van der Waals surface area contributed by atoms with Gasteiger partial charge in [-0.05, 0) is 94.5 Å². The first-order chi connectivity index (χ1) is 19.3. The van der Waals surface area contributed by atoms with Gasteiger partial charge >= 0.3 is 6.09 Å². The fourth-order valence-corrected chi connectivity index (χ4v) is 6.66. The highest BCUT2D eigenvalue weighted by Gasteiger charge is 2.58. The van der Waals surface area contributed by atoms with Gasteiger partial charge in [-0.25, -0.2) is 4.79 Å². The van der Waals surface area contributed by atoms with E-state index in [0.29, 0.717) is 32.6 Å². The van der Waals surface area contributed by atoms with Crippen LogP contribution in [0.1, 0.15) is 30.5 Å². The lowest BCUT2D eigenvalue weighted by atomic mass is 9.69. The fraction of sp³-hybridized carbons (Fsp3) is 0.379. The van der Waals surface area contributed by atoms with Crippen molar-refractivity contribution in [3.63, 3.8) is 0 Å². The second-order valence-corrected chi connectivity index (χ2v) is 11.1. The summed E-state index contributed by atoms with van der Waals surface area (Å²) in [5.41, 5.74) is 4.07. The molecule has 5 rings (SSSR count). The summed E-state index contributed by atoms with van der Waals surface area (Å²) in [5, 5.41) is 20.5. The van der Waals surface area contributed by atoms with Crippen LogP contribution in [0.3, 0.4) is 0 Å². The van der Waals surface area contributed by atoms with E-state index < -0.39 is 35.7 Å². The zero-order chi connectivity index (χ0) is 28.6. The number of fused-ring (bicyclic) bond motifs is 3. The SMILES string of the molecule is COC(=O)N1C(=O)[C@@H]2[C@@H](CC(CO)=C3[C@@H](CC/C(=C/c4cc(I)c(O)c(OC)c4)c4ccccn4)OC[C@@H]32)C1=O. The standard InChI is InChI=1S/C29H29IN2O8/c1-38-23-11-15(10-20(30)26(23)34)9-16(21-5-3-4-8-31-21)6-7-22-24-17(13-33)12-18-25(19(24)14-40-22)28(36)32(27(18)35)29(37)39-2/h3-5,8-11,18-19,22,25,33-34H,6-7,12-14H2,1-2H3/b16-9-/t18-,19+,22-,25-/m1/s1. The van der Waals surface area contributed by atoms with E-state index in [4.69, 9.17) is 9.47 Å². The van der Waals surface area contributed by atoms with E-state index in [1.165, 1.54) is 7.11 Å². The van der Waals surface area contributed by atoms with Gasteiger partial charge < -0.3 is 24.4 Å². The van der Waals surface area contributed by atoms with Crippen LogP contribution in [0.2, 0.25) is 0 Å². The van der Waals surface area contributed by atoms with Gasteiger partial charge in [0.05, 0.1) is 54.6 Å². The second kappa shape index (κ2) is 11.7. The third kappa shape index (κ3) is 5.01. The maximum atomic E-state index is 13.2. The third-order valence-corrected chi connectivity index (χ3v) is 8.66. The first-order valence-electron chi connectivity index (χ1n) is 12.9. The number of likely N-dealkylation sites (tertiary alicyclic amines) is 1. The van der Waals surface area contributed by atoms with Crippen molar-refractivity contribution in [2.45, 2.75) is 25.4 Å². The molecule has 3 amide bonds. The number of aromatic nitrogens is 1. The molecule has 11 heteroatoms. The molecule has 2 aromatic rings. The summed E-state index contributed by atoms with van der Waals surface area (Å²) in [6.45, 7) is -0.0437. The van der Waals surface area contributed by atoms with Crippen LogP contribution in [-0.2, 0) is 19.1 Å². The number of ether oxygens (including phenoxy) is 3. The molecule has 0 saturated carbocycles. The van der Waals surface area contributed by atoms with Gasteiger partial charge in [0.1, 0.15) is 0 Å². The van der Waals surface area contributed by atoms with Crippen LogP contribution in [-0.4, -0.2) is 71.5 Å². The molecule has 4 atom stereocenters. The molecule has 0 spiro atoms. The van der Waals surface area contributed by atoms with Crippen molar-refractivity contribution in [3.05, 3.63) is 62.5 Å². The minimum Gasteiger partial charge on any atom is -0.504 e. The summed E-state index contributed by atoms with van der Waals surface area (Å²) >= 11 is 2.05. The molecule has 3 heterocycles. The summed E-state index contributed by atoms with van der Waals surface area (Å²) in [7, 11) is 2.63. The molecule has 2 N–H and O–H groups in total. The van der Waals surface area contributed by atoms with Gasteiger partial charge in [-0.15, -0.1) is 0 Å². The first-order valence-corrected chi connectivity index (χ1v) is 13.9. The van der Waals surface area contributed by atoms with Crippen LogP contribution in [0.4, 0.5) is 4.79 Å². The molecule has 2 aliphatic heterocycles. The Hall–Kier alpha value is -3.29. The second-order valence-electron chi connectivity index (χ2n) is 9.94. The van der Waals surface area contributed by atoms with Gasteiger partial charge in [0.2, 0.25) is 11.8 Å². The van der Waals surface area contributed by atoms with Crippen molar-refractivity contribution in [1.82, 2.24) is 9.88 Å². The van der Waals surface area contributed by atoms with Gasteiger partial charge in [-0.1, -0.05) is 6.07 Å². The number of aliphatic hydroxyl groups is 1. The lowest BCUT2D eigenvalue weighted by Gasteiger charge is -2.31. The highest BCUT2D eigenvalue weighted by Crippen LogP contribution is 2.50. The van der Waals surface area contributed by atoms with Crippen molar-refractivity contribution in [3.8, 4) is 11.5 Å². The van der Waals surface area contributed by atoms with Crippen molar-refractivity contribution >= 4 is 52.1 Å². The Morgan fingerprint density at radius 1 is 1.23 bits per heavy atom. The number of halogens is 1. The van der Waals surface area contributed by atoms with Gasteiger partial charge in [0, 0.05) is 12.1 Å². The minimum absolute atomic E-state index is 0.0785. The van der Waals surface area contributed by atoms with E-state index in [0.717, 1.165) is 29.5 Å². The molecule has 210 valence electrons. The highest BCUT2D eigenvalue weighted by atomic mass is 127. The van der Waals surface area contributed by atoms with Crippen LogP contribution >= 0.6 is 22.6 Å². The zero-order valence-electron chi connectivity index (χ0n) is 22.0. The number of imide groups is 3. The van der Waals surface area contributed by atoms with E-state index in [1.807, 2.05) is 30.3 Å². The van der Waals surface area contributed by atoms with Gasteiger partial charge in [-0.2, -0.15) is 4.90 Å². The number of carbonyl (C=O) groups is 3. The topological polar surface area (TPSA) is 135 Å². The summed E-state index contributed by atoms with van der Waals surface area (Å²) in [6.07, 6.45) is 3.65. The predicted octanol–water partition coefficient (Wildman–Crippen LogP) is 3.80. The molecule has 0 radical (unpaired) electrons. The van der Waals surface area contributed by atoms with E-state index in [1.54, 1.807) is 12.3 Å². The molecule has 1 aromatic carbocycles. The molecular weight excluding hydrogens is 631 g/mol. The number of aromatic hydroxyl groups is 1. The highest BCUT2D eigenvalue weighted by molar-refractivity contribution is 14.1. The number of hydrogen-bond donors (Lipinski definition) is 2. The van der Waals surface area contributed by atoms with Gasteiger partial charge in [-0.3, -0.25) is 14.6 Å². The lowest BCUT2D eigenvalue weighted by molar-refractivity contribution is -0.137. The van der Waals surface area contributed by atoms with Crippen molar-refractivity contribution in [1.29, 1.82) is 0 Å². The molecule has 1 aromatic heterocycles. The quantitative estimate of drug-likeness (QED) is 0.258. The number of nitrogens with zero attached hydrogens (tertiary/aromatic N) is 2. The number of pyridine rings is 1. The number of amides is 3. The number of hydrogen-bond acceptors (Lipinski definition) is 9. The Kier molecular flexibility index (Phi) is 8.24. The largest absolute Gasteiger partial charge is 0.504 e. The first kappa shape index (κ1) is 28.2. The lowest BCUT2D eigenvalue weighted by Crippen LogP contribution is -2.38. The van der Waals surface area contributed by atoms with E-state index in [9.17, 15) is 24.6 Å². The Bertz CT molecular complexity index is 1410. The predicted molar refractivity (Wildman–Crippen MR) is 152 cm³/mol. The Labute approximate surface area is 244 Å². The van der Waals surface area contributed by atoms with Crippen LogP contribution in [0.5, 0.6) is 11.5 Å². The maximum absolute atomic E-state index is 13.2. The van der Waals surface area contributed by atoms with Crippen molar-refractivity contribution in [2.24, 2.45) is 17.8 Å². The number of carbonyl (C=O) groups excluding carboxylic acids is 3. The average molecular weight is 660 g/mol. The van der Waals surface area contributed by atoms with Crippen molar-refractivity contribution in [2.75, 3.05) is 27.4 Å². The Morgan fingerprint density at radius 3 is 2.70 bits per heavy atom. The minimum atomic E-state index is -0.988. The summed E-state index contributed by atoms with van der Waals surface area (Å²) in [4.78, 5) is 43.4. The van der Waals surface area contributed by atoms with Crippen LogP contribution < -0.4 is 4.74 Å². The van der Waals surface area contributed by atoms with Crippen LogP contribution in [0, 0.1) is 21.3 Å². The average Bonchev–Trinajstić information content (AvgIpc) is 3.50. The molecule has 0 bridgehead atoms. The summed E-state index contributed by atoms with van der Waals surface area (Å²) in [5.74, 6) is -2.56.